The minimum atomic E-state index is -1.64. The van der Waals surface area contributed by atoms with Gasteiger partial charge in [0.25, 0.3) is 0 Å². The molecule has 8 heteroatoms. The maximum absolute atomic E-state index is 11.6. The first-order chi connectivity index (χ1) is 9.90. The van der Waals surface area contributed by atoms with Gasteiger partial charge in [-0.3, -0.25) is 0 Å². The summed E-state index contributed by atoms with van der Waals surface area (Å²) in [6.45, 7) is 1.64. The molecule has 0 atom stereocenters. The van der Waals surface area contributed by atoms with Crippen LogP contribution in [-0.4, -0.2) is 43.3 Å². The van der Waals surface area contributed by atoms with Crippen molar-refractivity contribution < 1.29 is 29.1 Å². The predicted octanol–water partition coefficient (Wildman–Crippen LogP) is -0.683. The van der Waals surface area contributed by atoms with E-state index in [4.69, 9.17) is 0 Å². The molecule has 21 heavy (non-hydrogen) atoms. The van der Waals surface area contributed by atoms with E-state index in [1.165, 1.54) is 20.3 Å². The molecule has 0 saturated carbocycles. The number of methoxy groups -OCH3 is 2. The summed E-state index contributed by atoms with van der Waals surface area (Å²) < 4.78 is 9.03. The minimum Gasteiger partial charge on any atom is -0.466 e. The number of ether oxygens (including phenoxy) is 2. The maximum Gasteiger partial charge on any atom is 0.488 e. The summed E-state index contributed by atoms with van der Waals surface area (Å²) in [5, 5.41) is 21.2. The highest BCUT2D eigenvalue weighted by atomic mass is 16.5. The minimum absolute atomic E-state index is 0.128. The Kier molecular flexibility index (Phi) is 5.95. The summed E-state index contributed by atoms with van der Waals surface area (Å²) >= 11 is 0. The zero-order valence-corrected chi connectivity index (χ0v) is 11.9. The molecular formula is C13H16BNO6. The summed E-state index contributed by atoms with van der Waals surface area (Å²) in [7, 11) is 0.718. The largest absolute Gasteiger partial charge is 0.488 e. The molecular weight excluding hydrogens is 277 g/mol. The highest BCUT2D eigenvalue weighted by Gasteiger charge is 2.18. The van der Waals surface area contributed by atoms with Crippen molar-refractivity contribution in [1.82, 2.24) is 0 Å². The van der Waals surface area contributed by atoms with Gasteiger partial charge in [0.1, 0.15) is 5.70 Å². The normalized spacial score (nSPS) is 10.8. The van der Waals surface area contributed by atoms with Crippen molar-refractivity contribution in [1.29, 1.82) is 0 Å². The Hall–Kier alpha value is -2.32. The van der Waals surface area contributed by atoms with Crippen LogP contribution in [0.3, 0.4) is 0 Å². The molecule has 1 aromatic carbocycles. The average Bonchev–Trinajstić information content (AvgIpc) is 2.47. The number of rotatable bonds is 5. The highest BCUT2D eigenvalue weighted by Crippen LogP contribution is 2.15. The van der Waals surface area contributed by atoms with Crippen molar-refractivity contribution in [2.24, 2.45) is 0 Å². The molecule has 0 fully saturated rings. The number of anilines is 1. The number of hydrogen-bond acceptors (Lipinski definition) is 7. The molecule has 7 nitrogen and oxygen atoms in total. The van der Waals surface area contributed by atoms with Gasteiger partial charge < -0.3 is 24.8 Å². The highest BCUT2D eigenvalue weighted by molar-refractivity contribution is 6.59. The van der Waals surface area contributed by atoms with E-state index in [1.54, 1.807) is 19.1 Å². The topological polar surface area (TPSA) is 105 Å². The number of nitrogens with one attached hydrogen (secondary N) is 1. The van der Waals surface area contributed by atoms with E-state index < -0.39 is 19.1 Å². The molecule has 1 aromatic rings. The van der Waals surface area contributed by atoms with E-state index in [-0.39, 0.29) is 11.2 Å². The Morgan fingerprint density at radius 1 is 1.24 bits per heavy atom. The second-order valence-electron chi connectivity index (χ2n) is 4.09. The third-order valence-corrected chi connectivity index (χ3v) is 2.79. The van der Waals surface area contributed by atoms with Crippen molar-refractivity contribution in [3.8, 4) is 0 Å². The van der Waals surface area contributed by atoms with E-state index in [0.717, 1.165) is 6.08 Å². The fourth-order valence-corrected chi connectivity index (χ4v) is 1.65. The lowest BCUT2D eigenvalue weighted by molar-refractivity contribution is -0.138. The second kappa shape index (κ2) is 7.46. The maximum atomic E-state index is 11.6. The third-order valence-electron chi connectivity index (χ3n) is 2.79. The van der Waals surface area contributed by atoms with Crippen molar-refractivity contribution >= 4 is 30.2 Å². The quantitative estimate of drug-likeness (QED) is 0.375. The van der Waals surface area contributed by atoms with Crippen LogP contribution in [0.5, 0.6) is 0 Å². The van der Waals surface area contributed by atoms with Crippen molar-refractivity contribution in [3.63, 3.8) is 0 Å². The molecule has 0 aliphatic rings. The van der Waals surface area contributed by atoms with Crippen molar-refractivity contribution in [2.75, 3.05) is 19.5 Å². The number of carbonyl (C=O) groups is 2. The number of carbonyl (C=O) groups excluding carboxylic acids is 2. The van der Waals surface area contributed by atoms with Crippen LogP contribution in [0.25, 0.3) is 0 Å². The summed E-state index contributed by atoms with van der Waals surface area (Å²) in [6, 6.07) is 4.74. The van der Waals surface area contributed by atoms with Crippen LogP contribution in [0.4, 0.5) is 5.69 Å². The molecule has 0 unspecified atom stereocenters. The van der Waals surface area contributed by atoms with Gasteiger partial charge in [-0.15, -0.1) is 0 Å². The van der Waals surface area contributed by atoms with Gasteiger partial charge in [-0.1, -0.05) is 12.1 Å². The Morgan fingerprint density at radius 2 is 1.90 bits per heavy atom. The van der Waals surface area contributed by atoms with E-state index in [1.807, 2.05) is 0 Å². The van der Waals surface area contributed by atoms with E-state index in [2.05, 4.69) is 14.8 Å². The molecule has 0 amide bonds. The van der Waals surface area contributed by atoms with Crippen LogP contribution in [-0.2, 0) is 19.1 Å². The van der Waals surface area contributed by atoms with Crippen LogP contribution in [0.1, 0.15) is 5.56 Å². The molecule has 0 aliphatic heterocycles. The number of esters is 2. The molecule has 0 aliphatic carbocycles. The molecule has 0 bridgehead atoms. The lowest BCUT2D eigenvalue weighted by atomic mass is 9.77. The summed E-state index contributed by atoms with van der Waals surface area (Å²) in [4.78, 5) is 22.9. The lowest BCUT2D eigenvalue weighted by Gasteiger charge is -2.14. The molecule has 112 valence electrons. The number of benzene rings is 1. The fraction of sp³-hybridized carbons (Fsp3) is 0.231. The van der Waals surface area contributed by atoms with Crippen LogP contribution in [0.2, 0.25) is 0 Å². The van der Waals surface area contributed by atoms with Crippen LogP contribution >= 0.6 is 0 Å². The van der Waals surface area contributed by atoms with Crippen molar-refractivity contribution in [3.05, 3.63) is 35.5 Å². The van der Waals surface area contributed by atoms with E-state index in [0.29, 0.717) is 11.3 Å². The first-order valence-corrected chi connectivity index (χ1v) is 6.01. The molecule has 1 rings (SSSR count). The van der Waals surface area contributed by atoms with E-state index in [9.17, 15) is 19.6 Å². The SMILES string of the molecule is COC(=O)/C=C(/Nc1cccc(B(O)O)c1C)C(=O)OC. The monoisotopic (exact) mass is 293 g/mol. The van der Waals surface area contributed by atoms with Gasteiger partial charge in [-0.05, 0) is 24.0 Å². The molecule has 0 heterocycles. The van der Waals surface area contributed by atoms with Crippen LogP contribution in [0.15, 0.2) is 30.0 Å². The first-order valence-electron chi connectivity index (χ1n) is 6.01. The van der Waals surface area contributed by atoms with Gasteiger partial charge in [0.05, 0.1) is 20.3 Å². The third kappa shape index (κ3) is 4.33. The zero-order valence-electron chi connectivity index (χ0n) is 11.9. The zero-order chi connectivity index (χ0) is 16.0. The molecule has 0 spiro atoms. The summed E-state index contributed by atoms with van der Waals surface area (Å²) in [6.07, 6.45) is 0.952. The van der Waals surface area contributed by atoms with Gasteiger partial charge in [-0.25, -0.2) is 9.59 Å². The van der Waals surface area contributed by atoms with E-state index >= 15 is 0 Å². The standard InChI is InChI=1S/C13H16BNO6/c1-8-9(14(18)19)5-4-6-10(8)15-11(13(17)21-3)7-12(16)20-2/h4-7,15,18-19H,1-3H3/b11-7+. The summed E-state index contributed by atoms with van der Waals surface area (Å²) in [5.41, 5.74) is 1.10. The van der Waals surface area contributed by atoms with Crippen molar-refractivity contribution in [2.45, 2.75) is 6.92 Å². The van der Waals surface area contributed by atoms with Crippen LogP contribution in [0, 0.1) is 6.92 Å². The molecule has 0 aromatic heterocycles. The molecule has 3 N–H and O–H groups in total. The Labute approximate surface area is 122 Å². The smallest absolute Gasteiger partial charge is 0.466 e. The van der Waals surface area contributed by atoms with Gasteiger partial charge in [0, 0.05) is 5.69 Å². The lowest BCUT2D eigenvalue weighted by Crippen LogP contribution is -2.32. The first kappa shape index (κ1) is 16.7. The average molecular weight is 293 g/mol. The van der Waals surface area contributed by atoms with Gasteiger partial charge in [0.15, 0.2) is 0 Å². The Balaban J connectivity index is 3.16. The van der Waals surface area contributed by atoms with Gasteiger partial charge >= 0.3 is 19.1 Å². The summed E-state index contributed by atoms with van der Waals surface area (Å²) in [5.74, 6) is -1.48. The molecule has 0 saturated heterocycles. The Morgan fingerprint density at radius 3 is 2.43 bits per heavy atom. The molecule has 0 radical (unpaired) electrons. The number of hydrogen-bond donors (Lipinski definition) is 3. The van der Waals surface area contributed by atoms with Crippen LogP contribution < -0.4 is 10.8 Å². The second-order valence-corrected chi connectivity index (χ2v) is 4.09. The van der Waals surface area contributed by atoms with Gasteiger partial charge in [-0.2, -0.15) is 0 Å². The Bertz CT molecular complexity index is 570. The fourth-order valence-electron chi connectivity index (χ4n) is 1.65. The van der Waals surface area contributed by atoms with Gasteiger partial charge in [0.2, 0.25) is 0 Å². The predicted molar refractivity (Wildman–Crippen MR) is 76.7 cm³/mol.